The fourth-order valence-corrected chi connectivity index (χ4v) is 5.47. The third-order valence-corrected chi connectivity index (χ3v) is 7.73. The van der Waals surface area contributed by atoms with Gasteiger partial charge in [0, 0.05) is 10.0 Å². The molecular formula is C33H26Cl2F4N6O. The van der Waals surface area contributed by atoms with Gasteiger partial charge in [0.15, 0.2) is 0 Å². The first kappa shape index (κ1) is 34.0. The number of primary amides is 1. The van der Waals surface area contributed by atoms with Crippen LogP contribution in [0.25, 0.3) is 4.95 Å². The summed E-state index contributed by atoms with van der Waals surface area (Å²) in [6.07, 6.45) is 0. The molecule has 0 aromatic heterocycles. The van der Waals surface area contributed by atoms with Gasteiger partial charge in [0.25, 0.3) is 0 Å². The standard InChI is InChI=1S/C16H12ClF2N3O.C16H10ClF2N3.CH4/c17-10-5-2-1-4-9(10)13-8-22(16(20)23)15(21-13)14-11(18)6-3-7-12(14)19;1-20-22-9-14(10-5-2-3-6-11(10)17)21-16(22)15-12(18)7-4-8-13(15)19;/h1-7,13H,8H2,(H2,20,23);2-8,14H,9H2;1H4. The highest BCUT2D eigenvalue weighted by Gasteiger charge is 2.36. The van der Waals surface area contributed by atoms with Crippen molar-refractivity contribution in [2.45, 2.75) is 19.5 Å². The molecule has 0 fully saturated rings. The van der Waals surface area contributed by atoms with Gasteiger partial charge in [-0.05, 0) is 47.5 Å². The van der Waals surface area contributed by atoms with Crippen molar-refractivity contribution in [3.8, 4) is 0 Å². The smallest absolute Gasteiger partial charge is 0.320 e. The van der Waals surface area contributed by atoms with Gasteiger partial charge in [0.1, 0.15) is 41.7 Å². The van der Waals surface area contributed by atoms with Crippen molar-refractivity contribution in [2.24, 2.45) is 15.7 Å². The minimum atomic E-state index is -0.832. The van der Waals surface area contributed by atoms with Gasteiger partial charge in [-0.3, -0.25) is 14.9 Å². The number of benzene rings is 4. The molecule has 0 radical (unpaired) electrons. The molecule has 4 aromatic rings. The number of aliphatic imine (C=N–C) groups is 2. The number of carbonyl (C=O) groups excluding carboxylic acids is 1. The van der Waals surface area contributed by atoms with Crippen molar-refractivity contribution in [1.29, 1.82) is 0 Å². The molecule has 2 heterocycles. The van der Waals surface area contributed by atoms with Crippen molar-refractivity contribution in [1.82, 2.24) is 9.91 Å². The van der Waals surface area contributed by atoms with Gasteiger partial charge in [0.2, 0.25) is 5.84 Å². The van der Waals surface area contributed by atoms with Crippen LogP contribution in [0.1, 0.15) is 41.8 Å². The number of carbonyl (C=O) groups is 1. The minimum absolute atomic E-state index is 0. The quantitative estimate of drug-likeness (QED) is 0.175. The zero-order chi connectivity index (χ0) is 32.2. The lowest BCUT2D eigenvalue weighted by Crippen LogP contribution is -2.39. The largest absolute Gasteiger partial charge is 0.351 e. The molecule has 2 aliphatic rings. The maximum Gasteiger partial charge on any atom is 0.320 e. The molecule has 0 saturated heterocycles. The van der Waals surface area contributed by atoms with E-state index in [2.05, 4.69) is 14.9 Å². The molecule has 0 aliphatic carbocycles. The van der Waals surface area contributed by atoms with Crippen LogP contribution in [0, 0.1) is 29.8 Å². The third-order valence-electron chi connectivity index (χ3n) is 7.05. The molecule has 0 saturated carbocycles. The SMILES string of the molecule is C.NC(=O)N1CC(c2ccccc2Cl)N=C1c1c(F)cccc1F.[C-]#[N+]N1CC(c2ccccc2Cl)N=C1c1c(F)cccc1F. The van der Waals surface area contributed by atoms with Crippen LogP contribution in [0.5, 0.6) is 0 Å². The Balaban J connectivity index is 0.000000205. The van der Waals surface area contributed by atoms with E-state index in [1.807, 2.05) is 0 Å². The first-order valence-electron chi connectivity index (χ1n) is 13.4. The lowest BCUT2D eigenvalue weighted by atomic mass is 10.1. The number of rotatable bonds is 4. The van der Waals surface area contributed by atoms with Crippen LogP contribution in [-0.4, -0.2) is 40.7 Å². The zero-order valence-electron chi connectivity index (χ0n) is 23.1. The molecule has 2 aliphatic heterocycles. The first-order chi connectivity index (χ1) is 21.6. The highest BCUT2D eigenvalue weighted by molar-refractivity contribution is 6.31. The molecule has 2 N–H and O–H groups in total. The summed E-state index contributed by atoms with van der Waals surface area (Å²) in [7, 11) is 0. The van der Waals surface area contributed by atoms with E-state index in [0.717, 1.165) is 39.7 Å². The van der Waals surface area contributed by atoms with Gasteiger partial charge >= 0.3 is 6.03 Å². The van der Waals surface area contributed by atoms with Crippen molar-refractivity contribution in [2.75, 3.05) is 13.1 Å². The molecule has 0 bridgehead atoms. The molecule has 13 heteroatoms. The molecule has 6 rings (SSSR count). The molecule has 236 valence electrons. The van der Waals surface area contributed by atoms with Gasteiger partial charge in [-0.25, -0.2) is 22.4 Å². The predicted molar refractivity (Wildman–Crippen MR) is 171 cm³/mol. The number of halogens is 6. The number of amides is 2. The fourth-order valence-electron chi connectivity index (χ4n) is 4.95. The molecule has 4 aromatic carbocycles. The van der Waals surface area contributed by atoms with Crippen molar-refractivity contribution in [3.05, 3.63) is 152 Å². The van der Waals surface area contributed by atoms with E-state index in [1.54, 1.807) is 48.5 Å². The van der Waals surface area contributed by atoms with Crippen LogP contribution in [0.3, 0.4) is 0 Å². The highest BCUT2D eigenvalue weighted by Crippen LogP contribution is 2.34. The van der Waals surface area contributed by atoms with E-state index in [1.165, 1.54) is 12.1 Å². The van der Waals surface area contributed by atoms with Gasteiger partial charge in [0.05, 0.1) is 23.7 Å². The average Bonchev–Trinajstić information content (AvgIpc) is 3.63. The number of nitrogens with two attached hydrogens (primary N) is 1. The number of amidine groups is 2. The topological polar surface area (TPSA) is 78.7 Å². The number of urea groups is 1. The Morgan fingerprint density at radius 2 is 1.13 bits per heavy atom. The average molecular weight is 670 g/mol. The molecule has 0 spiro atoms. The maximum atomic E-state index is 14.0. The van der Waals surface area contributed by atoms with E-state index in [0.29, 0.717) is 15.6 Å². The second-order valence-corrected chi connectivity index (χ2v) is 10.6. The summed E-state index contributed by atoms with van der Waals surface area (Å²) in [5.74, 6) is -3.24. The Kier molecular flexibility index (Phi) is 10.7. The summed E-state index contributed by atoms with van der Waals surface area (Å²) in [6, 6.07) is 19.3. The number of hydrogen-bond acceptors (Lipinski definition) is 4. The van der Waals surface area contributed by atoms with E-state index >= 15 is 0 Å². The number of nitrogens with zero attached hydrogens (tertiary/aromatic N) is 5. The summed E-state index contributed by atoms with van der Waals surface area (Å²) < 4.78 is 55.9. The molecule has 7 nitrogen and oxygen atoms in total. The van der Waals surface area contributed by atoms with Gasteiger partial charge in [-0.15, -0.1) is 0 Å². The van der Waals surface area contributed by atoms with Gasteiger partial charge < -0.3 is 5.73 Å². The van der Waals surface area contributed by atoms with Crippen molar-refractivity contribution in [3.63, 3.8) is 0 Å². The number of hydrogen-bond donors (Lipinski definition) is 1. The normalized spacial score (nSPS) is 16.9. The third kappa shape index (κ3) is 6.83. The summed E-state index contributed by atoms with van der Waals surface area (Å²) >= 11 is 12.3. The van der Waals surface area contributed by atoms with Crippen LogP contribution in [-0.2, 0) is 0 Å². The van der Waals surface area contributed by atoms with E-state index in [9.17, 15) is 22.4 Å². The first-order valence-corrected chi connectivity index (χ1v) is 14.1. The van der Waals surface area contributed by atoms with E-state index < -0.39 is 41.4 Å². The predicted octanol–water partition coefficient (Wildman–Crippen LogP) is 8.39. The van der Waals surface area contributed by atoms with E-state index in [4.69, 9.17) is 35.5 Å². The Hall–Kier alpha value is -4.92. The molecule has 46 heavy (non-hydrogen) atoms. The van der Waals surface area contributed by atoms with Crippen molar-refractivity contribution < 1.29 is 22.4 Å². The highest BCUT2D eigenvalue weighted by atomic mass is 35.5. The summed E-state index contributed by atoms with van der Waals surface area (Å²) in [5, 5.41) is 2.13. The molecule has 2 amide bonds. The zero-order valence-corrected chi connectivity index (χ0v) is 24.7. The summed E-state index contributed by atoms with van der Waals surface area (Å²) in [6.45, 7) is 7.50. The van der Waals surface area contributed by atoms with Gasteiger partial charge in [-0.1, -0.05) is 84.2 Å². The van der Waals surface area contributed by atoms with Crippen LogP contribution in [0.4, 0.5) is 22.4 Å². The Morgan fingerprint density at radius 1 is 0.717 bits per heavy atom. The van der Waals surface area contributed by atoms with Crippen LogP contribution >= 0.6 is 23.2 Å². The Bertz CT molecular complexity index is 1840. The molecule has 2 unspecified atom stereocenters. The second kappa shape index (κ2) is 14.5. The lowest BCUT2D eigenvalue weighted by Gasteiger charge is -2.17. The van der Waals surface area contributed by atoms with E-state index in [-0.39, 0.29) is 43.3 Å². The van der Waals surface area contributed by atoms with Gasteiger partial charge in [-0.2, -0.15) is 11.5 Å². The maximum absolute atomic E-state index is 14.0. The lowest BCUT2D eigenvalue weighted by molar-refractivity contribution is 0.231. The summed E-state index contributed by atoms with van der Waals surface area (Å²) in [5.41, 5.74) is 6.06. The van der Waals surface area contributed by atoms with Crippen LogP contribution in [0.15, 0.2) is 94.9 Å². The monoisotopic (exact) mass is 668 g/mol. The fraction of sp³-hybridized carbons (Fsp3) is 0.152. The Morgan fingerprint density at radius 3 is 1.57 bits per heavy atom. The Labute approximate surface area is 273 Å². The molecule has 2 atom stereocenters. The van der Waals surface area contributed by atoms with Crippen LogP contribution < -0.4 is 5.73 Å². The van der Waals surface area contributed by atoms with Crippen LogP contribution in [0.2, 0.25) is 10.0 Å². The van der Waals surface area contributed by atoms with Crippen molar-refractivity contribution >= 4 is 40.9 Å². The molecular weight excluding hydrogens is 643 g/mol. The summed E-state index contributed by atoms with van der Waals surface area (Å²) in [4.78, 5) is 24.6. The minimum Gasteiger partial charge on any atom is -0.351 e. The second-order valence-electron chi connectivity index (χ2n) is 9.80.